The Morgan fingerprint density at radius 3 is 1.29 bits per heavy atom. The third kappa shape index (κ3) is 8.42. The molecule has 1 rings (SSSR count). The molecule has 0 N–H and O–H groups in total. The van der Waals surface area contributed by atoms with Crippen LogP contribution in [0.3, 0.4) is 0 Å². The highest BCUT2D eigenvalue weighted by Crippen LogP contribution is 2.16. The largest absolute Gasteiger partial charge is 0.276 e. The summed E-state index contributed by atoms with van der Waals surface area (Å²) >= 11 is 21.0. The standard InChI is InChI=1S/C9H3Cl3O3.C5H11Cl/c10-7(13)4-1-5(8(11)14)3-6(2-4)9(12)15;1-2-3-4-5-6/h1-3H;2-5H2,1H3. The summed E-state index contributed by atoms with van der Waals surface area (Å²) in [5.74, 6) is 0.827. The molecular weight excluding hydrogens is 358 g/mol. The molecule has 0 fully saturated rings. The topological polar surface area (TPSA) is 51.2 Å². The second-order valence-electron chi connectivity index (χ2n) is 4.02. The van der Waals surface area contributed by atoms with Gasteiger partial charge in [0.05, 0.1) is 0 Å². The highest BCUT2D eigenvalue weighted by Gasteiger charge is 2.12. The van der Waals surface area contributed by atoms with E-state index in [2.05, 4.69) is 6.92 Å². The first kappa shape index (κ1) is 20.4. The summed E-state index contributed by atoms with van der Waals surface area (Å²) in [5, 5.41) is -2.39. The average Bonchev–Trinajstić information content (AvgIpc) is 2.45. The zero-order valence-corrected chi connectivity index (χ0v) is 14.3. The van der Waals surface area contributed by atoms with Gasteiger partial charge < -0.3 is 0 Å². The lowest BCUT2D eigenvalue weighted by atomic mass is 10.1. The van der Waals surface area contributed by atoms with E-state index in [-0.39, 0.29) is 16.7 Å². The van der Waals surface area contributed by atoms with Crippen molar-refractivity contribution in [1.82, 2.24) is 0 Å². The van der Waals surface area contributed by atoms with Crippen LogP contribution in [-0.2, 0) is 0 Å². The third-order valence-electron chi connectivity index (χ3n) is 2.35. The van der Waals surface area contributed by atoms with Crippen LogP contribution < -0.4 is 0 Å². The highest BCUT2D eigenvalue weighted by molar-refractivity contribution is 6.70. The highest BCUT2D eigenvalue weighted by atomic mass is 35.5. The third-order valence-corrected chi connectivity index (χ3v) is 3.27. The van der Waals surface area contributed by atoms with Crippen molar-refractivity contribution in [2.75, 3.05) is 5.88 Å². The molecule has 0 aromatic heterocycles. The lowest BCUT2D eigenvalue weighted by Gasteiger charge is -2.00. The maximum absolute atomic E-state index is 10.9. The molecule has 0 amide bonds. The van der Waals surface area contributed by atoms with Gasteiger partial charge in [0.15, 0.2) is 0 Å². The van der Waals surface area contributed by atoms with Gasteiger partial charge in [-0.1, -0.05) is 19.8 Å². The van der Waals surface area contributed by atoms with Crippen molar-refractivity contribution in [2.45, 2.75) is 26.2 Å². The summed E-state index contributed by atoms with van der Waals surface area (Å²) in [5.41, 5.74) is -0.0218. The first-order valence-corrected chi connectivity index (χ1v) is 7.80. The van der Waals surface area contributed by atoms with E-state index in [1.54, 1.807) is 0 Å². The van der Waals surface area contributed by atoms with E-state index in [1.165, 1.54) is 37.5 Å². The van der Waals surface area contributed by atoms with Gasteiger partial charge in [-0.25, -0.2) is 0 Å². The van der Waals surface area contributed by atoms with E-state index < -0.39 is 15.7 Å². The molecule has 0 heterocycles. The molecule has 0 aliphatic rings. The molecule has 0 saturated heterocycles. The van der Waals surface area contributed by atoms with Crippen LogP contribution in [0.4, 0.5) is 0 Å². The average molecular weight is 372 g/mol. The van der Waals surface area contributed by atoms with Gasteiger partial charge in [0.2, 0.25) is 0 Å². The zero-order valence-electron chi connectivity index (χ0n) is 11.3. The molecule has 1 aromatic rings. The number of hydrogen-bond acceptors (Lipinski definition) is 3. The van der Waals surface area contributed by atoms with Crippen LogP contribution >= 0.6 is 46.4 Å². The number of rotatable bonds is 6. The van der Waals surface area contributed by atoms with Crippen molar-refractivity contribution in [3.63, 3.8) is 0 Å². The number of benzene rings is 1. The van der Waals surface area contributed by atoms with E-state index in [0.29, 0.717) is 0 Å². The molecule has 0 atom stereocenters. The van der Waals surface area contributed by atoms with Crippen LogP contribution in [0.1, 0.15) is 57.3 Å². The predicted octanol–water partition coefficient (Wildman–Crippen LogP) is 5.24. The van der Waals surface area contributed by atoms with Crippen LogP contribution in [0.5, 0.6) is 0 Å². The number of unbranched alkanes of at least 4 members (excludes halogenated alkanes) is 2. The summed E-state index contributed by atoms with van der Waals surface area (Å²) in [4.78, 5) is 32.6. The molecule has 1 aromatic carbocycles. The Morgan fingerprint density at radius 1 is 0.810 bits per heavy atom. The Hall–Kier alpha value is -0.610. The normalized spacial score (nSPS) is 9.57. The SMILES string of the molecule is CCCCCCl.O=C(Cl)c1cc(C(=O)Cl)cc(C(=O)Cl)c1. The number of alkyl halides is 1. The zero-order chi connectivity index (χ0) is 16.4. The maximum atomic E-state index is 10.9. The number of halogens is 4. The first-order chi connectivity index (χ1) is 9.83. The molecule has 21 heavy (non-hydrogen) atoms. The van der Waals surface area contributed by atoms with Crippen LogP contribution in [0.25, 0.3) is 0 Å². The lowest BCUT2D eigenvalue weighted by Crippen LogP contribution is -2.00. The molecule has 0 aliphatic heterocycles. The van der Waals surface area contributed by atoms with Crippen LogP contribution in [-0.4, -0.2) is 21.6 Å². The fraction of sp³-hybridized carbons (Fsp3) is 0.357. The van der Waals surface area contributed by atoms with Gasteiger partial charge in [0, 0.05) is 22.6 Å². The van der Waals surface area contributed by atoms with Gasteiger partial charge >= 0.3 is 0 Å². The Bertz CT molecular complexity index is 432. The van der Waals surface area contributed by atoms with Gasteiger partial charge in [-0.15, -0.1) is 11.6 Å². The van der Waals surface area contributed by atoms with Gasteiger partial charge in [-0.05, 0) is 59.4 Å². The van der Waals surface area contributed by atoms with Crippen molar-refractivity contribution in [3.8, 4) is 0 Å². The van der Waals surface area contributed by atoms with Gasteiger partial charge in [-0.3, -0.25) is 14.4 Å². The number of carbonyl (C=O) groups excluding carboxylic acids is 3. The van der Waals surface area contributed by atoms with Gasteiger partial charge in [0.25, 0.3) is 15.7 Å². The monoisotopic (exact) mass is 370 g/mol. The Labute approximate surface area is 143 Å². The molecule has 0 saturated carbocycles. The minimum Gasteiger partial charge on any atom is -0.276 e. The molecule has 7 heteroatoms. The van der Waals surface area contributed by atoms with E-state index >= 15 is 0 Å². The molecule has 0 spiro atoms. The fourth-order valence-electron chi connectivity index (χ4n) is 1.31. The molecule has 0 unspecified atom stereocenters. The van der Waals surface area contributed by atoms with E-state index in [0.717, 1.165) is 5.88 Å². The quantitative estimate of drug-likeness (QED) is 0.390. The van der Waals surface area contributed by atoms with Gasteiger partial charge in [-0.2, -0.15) is 0 Å². The van der Waals surface area contributed by atoms with Crippen molar-refractivity contribution < 1.29 is 14.4 Å². The molecule has 116 valence electrons. The summed E-state index contributed by atoms with van der Waals surface area (Å²) in [6, 6.07) is 3.57. The van der Waals surface area contributed by atoms with Crippen LogP contribution in [0.2, 0.25) is 0 Å². The predicted molar refractivity (Wildman–Crippen MR) is 87.2 cm³/mol. The number of hydrogen-bond donors (Lipinski definition) is 0. The minimum absolute atomic E-state index is 0.00725. The number of carbonyl (C=O) groups is 3. The van der Waals surface area contributed by atoms with Crippen molar-refractivity contribution in [2.24, 2.45) is 0 Å². The lowest BCUT2D eigenvalue weighted by molar-refractivity contribution is 0.108. The second kappa shape index (κ2) is 11.0. The Kier molecular flexibility index (Phi) is 10.7. The Balaban J connectivity index is 0.000000567. The van der Waals surface area contributed by atoms with Crippen LogP contribution in [0.15, 0.2) is 18.2 Å². The fourth-order valence-corrected chi connectivity index (χ4v) is 1.83. The molecule has 0 bridgehead atoms. The van der Waals surface area contributed by atoms with Crippen molar-refractivity contribution in [1.29, 1.82) is 0 Å². The van der Waals surface area contributed by atoms with Crippen LogP contribution in [0, 0.1) is 0 Å². The van der Waals surface area contributed by atoms with E-state index in [1.807, 2.05) is 0 Å². The summed E-state index contributed by atoms with van der Waals surface area (Å²) in [7, 11) is 0. The summed E-state index contributed by atoms with van der Waals surface area (Å²) in [6.07, 6.45) is 3.73. The maximum Gasteiger partial charge on any atom is 0.252 e. The Morgan fingerprint density at radius 2 is 1.14 bits per heavy atom. The van der Waals surface area contributed by atoms with E-state index in [4.69, 9.17) is 46.4 Å². The summed E-state index contributed by atoms with van der Waals surface area (Å²) in [6.45, 7) is 2.17. The molecule has 0 aliphatic carbocycles. The molecule has 3 nitrogen and oxygen atoms in total. The van der Waals surface area contributed by atoms with Crippen molar-refractivity contribution >= 4 is 62.1 Å². The first-order valence-electron chi connectivity index (χ1n) is 6.14. The minimum atomic E-state index is -0.797. The van der Waals surface area contributed by atoms with Crippen molar-refractivity contribution in [3.05, 3.63) is 34.9 Å². The molecular formula is C14H14Cl4O3. The molecule has 0 radical (unpaired) electrons. The van der Waals surface area contributed by atoms with E-state index in [9.17, 15) is 14.4 Å². The van der Waals surface area contributed by atoms with Gasteiger partial charge in [0.1, 0.15) is 0 Å². The second-order valence-corrected chi connectivity index (χ2v) is 5.42. The summed E-state index contributed by atoms with van der Waals surface area (Å²) < 4.78 is 0. The smallest absolute Gasteiger partial charge is 0.252 e.